The molecule has 0 aromatic heterocycles. The van der Waals surface area contributed by atoms with E-state index in [0.717, 1.165) is 10.5 Å². The van der Waals surface area contributed by atoms with Gasteiger partial charge in [-0.1, -0.05) is 17.7 Å². The number of halogens is 2. The van der Waals surface area contributed by atoms with Crippen molar-refractivity contribution >= 4 is 17.6 Å². The average Bonchev–Trinajstić information content (AvgIpc) is 2.30. The highest BCUT2D eigenvalue weighted by molar-refractivity contribution is 5.96. The van der Waals surface area contributed by atoms with Crippen LogP contribution in [-0.2, 0) is 9.59 Å². The minimum absolute atomic E-state index is 0.271. The highest BCUT2D eigenvalue weighted by Crippen LogP contribution is 2.17. The second-order valence-corrected chi connectivity index (χ2v) is 3.77. The molecule has 0 aliphatic heterocycles. The van der Waals surface area contributed by atoms with E-state index < -0.39 is 18.3 Å². The van der Waals surface area contributed by atoms with Crippen LogP contribution in [0.15, 0.2) is 24.3 Å². The Morgan fingerprint density at radius 3 is 2.28 bits per heavy atom. The first-order valence-electron chi connectivity index (χ1n) is 5.30. The van der Waals surface area contributed by atoms with Crippen LogP contribution in [0.25, 0.3) is 0 Å². The molecule has 0 aliphatic rings. The van der Waals surface area contributed by atoms with Gasteiger partial charge in [0.05, 0.1) is 6.42 Å². The normalized spacial score (nSPS) is 10.4. The number of carbonyl (C=O) groups is 2. The number of aryl methyl sites for hydroxylation is 1. The number of nitrogens with zero attached hydrogens (tertiary/aromatic N) is 1. The summed E-state index contributed by atoms with van der Waals surface area (Å²) >= 11 is 0. The highest BCUT2D eigenvalue weighted by Gasteiger charge is 2.24. The van der Waals surface area contributed by atoms with E-state index in [2.05, 4.69) is 0 Å². The summed E-state index contributed by atoms with van der Waals surface area (Å²) in [5.41, 5.74) is 1.19. The van der Waals surface area contributed by atoms with E-state index in [4.69, 9.17) is 5.11 Å². The Labute approximate surface area is 103 Å². The summed E-state index contributed by atoms with van der Waals surface area (Å²) in [6.45, 7) is 1.54. The number of carboxylic acid groups (broad SMARTS) is 1. The Hall–Kier alpha value is -1.98. The molecular formula is C12H13F2NO3. The van der Waals surface area contributed by atoms with Gasteiger partial charge in [-0.2, -0.15) is 8.78 Å². The number of alkyl halides is 2. The molecule has 6 heteroatoms. The highest BCUT2D eigenvalue weighted by atomic mass is 19.3. The first-order chi connectivity index (χ1) is 8.41. The van der Waals surface area contributed by atoms with Crippen molar-refractivity contribution < 1.29 is 23.5 Å². The summed E-state index contributed by atoms with van der Waals surface area (Å²) in [6, 6.07) is 6.36. The molecule has 0 unspecified atom stereocenters. The number of carboxylic acids is 1. The summed E-state index contributed by atoms with van der Waals surface area (Å²) in [5, 5.41) is 8.55. The molecule has 0 atom stereocenters. The molecule has 1 aromatic carbocycles. The number of benzene rings is 1. The molecule has 1 N–H and O–H groups in total. The first kappa shape index (κ1) is 14.1. The van der Waals surface area contributed by atoms with Crippen LogP contribution in [0, 0.1) is 6.92 Å². The minimum Gasteiger partial charge on any atom is -0.481 e. The van der Waals surface area contributed by atoms with Crippen molar-refractivity contribution in [3.63, 3.8) is 0 Å². The summed E-state index contributed by atoms with van der Waals surface area (Å²) in [5.74, 6) is -2.53. The summed E-state index contributed by atoms with van der Waals surface area (Å²) in [6.07, 6.45) is -3.54. The first-order valence-corrected chi connectivity index (χ1v) is 5.30. The molecule has 1 rings (SSSR count). The smallest absolute Gasteiger partial charge is 0.316 e. The molecule has 4 nitrogen and oxygen atoms in total. The van der Waals surface area contributed by atoms with Crippen molar-refractivity contribution in [2.75, 3.05) is 11.4 Å². The van der Waals surface area contributed by atoms with Gasteiger partial charge in [-0.15, -0.1) is 0 Å². The lowest BCUT2D eigenvalue weighted by Gasteiger charge is -2.21. The molecule has 0 aliphatic carbocycles. The van der Waals surface area contributed by atoms with E-state index in [0.29, 0.717) is 0 Å². The van der Waals surface area contributed by atoms with E-state index >= 15 is 0 Å². The standard InChI is InChI=1S/C12H13F2NO3/c1-8-2-4-9(5-3-8)15(7-6-10(16)17)12(18)11(13)14/h2-5,11H,6-7H2,1H3,(H,16,17). The lowest BCUT2D eigenvalue weighted by Crippen LogP contribution is -2.37. The predicted octanol–water partition coefficient (Wildman–Crippen LogP) is 2.07. The van der Waals surface area contributed by atoms with Gasteiger partial charge < -0.3 is 10.0 Å². The van der Waals surface area contributed by atoms with Crippen LogP contribution in [-0.4, -0.2) is 30.0 Å². The van der Waals surface area contributed by atoms with Crippen LogP contribution < -0.4 is 4.90 Å². The molecule has 18 heavy (non-hydrogen) atoms. The molecule has 0 bridgehead atoms. The molecule has 0 radical (unpaired) electrons. The summed E-state index contributed by atoms with van der Waals surface area (Å²) < 4.78 is 24.9. The molecule has 0 saturated carbocycles. The Kier molecular flexibility index (Phi) is 4.76. The van der Waals surface area contributed by atoms with Crippen LogP contribution in [0.3, 0.4) is 0 Å². The number of anilines is 1. The van der Waals surface area contributed by atoms with Crippen LogP contribution in [0.4, 0.5) is 14.5 Å². The van der Waals surface area contributed by atoms with Gasteiger partial charge in [0.15, 0.2) is 0 Å². The molecule has 0 saturated heterocycles. The van der Waals surface area contributed by atoms with Crippen LogP contribution >= 0.6 is 0 Å². The zero-order chi connectivity index (χ0) is 13.7. The number of hydrogen-bond acceptors (Lipinski definition) is 2. The summed E-state index contributed by atoms with van der Waals surface area (Å²) in [4.78, 5) is 22.6. The Morgan fingerprint density at radius 1 is 1.28 bits per heavy atom. The maximum Gasteiger partial charge on any atom is 0.316 e. The largest absolute Gasteiger partial charge is 0.481 e. The quantitative estimate of drug-likeness (QED) is 0.878. The van der Waals surface area contributed by atoms with Crippen molar-refractivity contribution in [2.45, 2.75) is 19.8 Å². The van der Waals surface area contributed by atoms with Gasteiger partial charge in [-0.25, -0.2) is 0 Å². The van der Waals surface area contributed by atoms with E-state index in [1.54, 1.807) is 12.1 Å². The molecule has 0 spiro atoms. The zero-order valence-corrected chi connectivity index (χ0v) is 9.77. The van der Waals surface area contributed by atoms with Crippen molar-refractivity contribution in [1.29, 1.82) is 0 Å². The number of hydrogen-bond donors (Lipinski definition) is 1. The fraction of sp³-hybridized carbons (Fsp3) is 0.333. The Morgan fingerprint density at radius 2 is 1.83 bits per heavy atom. The van der Waals surface area contributed by atoms with Gasteiger partial charge in [0.25, 0.3) is 5.91 Å². The van der Waals surface area contributed by atoms with Crippen molar-refractivity contribution in [3.05, 3.63) is 29.8 Å². The molecule has 98 valence electrons. The summed E-state index contributed by atoms with van der Waals surface area (Å²) in [7, 11) is 0. The number of rotatable bonds is 5. The molecule has 1 amide bonds. The van der Waals surface area contributed by atoms with Gasteiger partial charge >= 0.3 is 12.4 Å². The topological polar surface area (TPSA) is 57.6 Å². The van der Waals surface area contributed by atoms with Gasteiger partial charge in [-0.3, -0.25) is 9.59 Å². The van der Waals surface area contributed by atoms with Crippen molar-refractivity contribution in [3.8, 4) is 0 Å². The third-order valence-corrected chi connectivity index (χ3v) is 2.35. The van der Waals surface area contributed by atoms with Crippen molar-refractivity contribution in [1.82, 2.24) is 0 Å². The average molecular weight is 257 g/mol. The fourth-order valence-electron chi connectivity index (χ4n) is 1.42. The number of amides is 1. The SMILES string of the molecule is Cc1ccc(N(CCC(=O)O)C(=O)C(F)F)cc1. The molecule has 1 aromatic rings. The molecule has 0 heterocycles. The number of carbonyl (C=O) groups excluding carboxylic acids is 1. The van der Waals surface area contributed by atoms with Crippen LogP contribution in [0.2, 0.25) is 0 Å². The van der Waals surface area contributed by atoms with Crippen molar-refractivity contribution in [2.24, 2.45) is 0 Å². The monoisotopic (exact) mass is 257 g/mol. The van der Waals surface area contributed by atoms with Gasteiger partial charge in [0.1, 0.15) is 0 Å². The predicted molar refractivity (Wildman–Crippen MR) is 61.8 cm³/mol. The minimum atomic E-state index is -3.15. The van der Waals surface area contributed by atoms with Gasteiger partial charge in [0.2, 0.25) is 0 Å². The van der Waals surface area contributed by atoms with Crippen LogP contribution in [0.1, 0.15) is 12.0 Å². The van der Waals surface area contributed by atoms with E-state index in [9.17, 15) is 18.4 Å². The second-order valence-electron chi connectivity index (χ2n) is 3.77. The third kappa shape index (κ3) is 3.80. The third-order valence-electron chi connectivity index (χ3n) is 2.35. The van der Waals surface area contributed by atoms with Crippen LogP contribution in [0.5, 0.6) is 0 Å². The van der Waals surface area contributed by atoms with E-state index in [1.165, 1.54) is 12.1 Å². The fourth-order valence-corrected chi connectivity index (χ4v) is 1.42. The number of aliphatic carboxylic acids is 1. The molecular weight excluding hydrogens is 244 g/mol. The Bertz CT molecular complexity index is 431. The van der Waals surface area contributed by atoms with E-state index in [-0.39, 0.29) is 18.7 Å². The maximum absolute atomic E-state index is 12.4. The lowest BCUT2D eigenvalue weighted by atomic mass is 10.2. The van der Waals surface area contributed by atoms with E-state index in [1.807, 2.05) is 6.92 Å². The second kappa shape index (κ2) is 6.09. The van der Waals surface area contributed by atoms with Gasteiger partial charge in [-0.05, 0) is 19.1 Å². The zero-order valence-electron chi connectivity index (χ0n) is 9.77. The maximum atomic E-state index is 12.4. The molecule has 0 fully saturated rings. The lowest BCUT2D eigenvalue weighted by molar-refractivity contribution is -0.136. The van der Waals surface area contributed by atoms with Gasteiger partial charge in [0, 0.05) is 12.2 Å². The Balaban J connectivity index is 2.92.